The lowest BCUT2D eigenvalue weighted by Gasteiger charge is -2.36. The summed E-state index contributed by atoms with van der Waals surface area (Å²) in [6.07, 6.45) is 0. The predicted molar refractivity (Wildman–Crippen MR) is 95.9 cm³/mol. The van der Waals surface area contributed by atoms with Crippen molar-refractivity contribution >= 4 is 28.9 Å². The molecule has 1 aromatic rings. The van der Waals surface area contributed by atoms with Crippen molar-refractivity contribution in [2.75, 3.05) is 59.2 Å². The molecule has 1 saturated heterocycles. The first-order valence-corrected chi connectivity index (χ1v) is 8.03. The molecule has 1 aliphatic heterocycles. The summed E-state index contributed by atoms with van der Waals surface area (Å²) in [5.41, 5.74) is 0.945. The van der Waals surface area contributed by atoms with E-state index in [1.54, 1.807) is 26.1 Å². The number of nitrogens with zero attached hydrogens (tertiary/aromatic N) is 3. The summed E-state index contributed by atoms with van der Waals surface area (Å²) in [6.45, 7) is 3.79. The molecule has 0 aliphatic carbocycles. The largest absolute Gasteiger partial charge is 0.497 e. The number of amides is 1. The standard InChI is InChI=1S/C16H24N4O2S/c1-18(2)15(21)12-19-8-10-20(11-9-19)16(23)17-13-4-6-14(22-3)7-5-13/h4-7H,8-12H2,1-3H3,(H,17,23). The number of piperazine rings is 1. The molecule has 23 heavy (non-hydrogen) atoms. The minimum atomic E-state index is 0.136. The molecule has 0 spiro atoms. The van der Waals surface area contributed by atoms with Crippen molar-refractivity contribution in [3.05, 3.63) is 24.3 Å². The lowest BCUT2D eigenvalue weighted by Crippen LogP contribution is -2.51. The number of carbonyl (C=O) groups is 1. The van der Waals surface area contributed by atoms with E-state index < -0.39 is 0 Å². The number of rotatable bonds is 4. The quantitative estimate of drug-likeness (QED) is 0.831. The zero-order valence-corrected chi connectivity index (χ0v) is 14.7. The van der Waals surface area contributed by atoms with E-state index in [9.17, 15) is 4.79 Å². The molecule has 1 aromatic carbocycles. The lowest BCUT2D eigenvalue weighted by atomic mass is 10.3. The van der Waals surface area contributed by atoms with Gasteiger partial charge in [0.25, 0.3) is 0 Å². The van der Waals surface area contributed by atoms with E-state index in [0.29, 0.717) is 11.7 Å². The Hall–Kier alpha value is -1.86. The Kier molecular flexibility index (Phi) is 6.18. The molecule has 2 rings (SSSR count). The van der Waals surface area contributed by atoms with Gasteiger partial charge in [-0.25, -0.2) is 0 Å². The Morgan fingerprint density at radius 3 is 2.35 bits per heavy atom. The highest BCUT2D eigenvalue weighted by Gasteiger charge is 2.21. The third-order valence-corrected chi connectivity index (χ3v) is 4.22. The van der Waals surface area contributed by atoms with Crippen molar-refractivity contribution in [1.82, 2.24) is 14.7 Å². The van der Waals surface area contributed by atoms with Crippen LogP contribution in [0.2, 0.25) is 0 Å². The average Bonchev–Trinajstić information content (AvgIpc) is 2.56. The summed E-state index contributed by atoms with van der Waals surface area (Å²) in [5, 5.41) is 3.96. The zero-order valence-electron chi connectivity index (χ0n) is 13.9. The Morgan fingerprint density at radius 1 is 1.22 bits per heavy atom. The Balaban J connectivity index is 1.80. The van der Waals surface area contributed by atoms with Crippen molar-refractivity contribution in [2.24, 2.45) is 0 Å². The number of ether oxygens (including phenoxy) is 1. The van der Waals surface area contributed by atoms with Crippen LogP contribution >= 0.6 is 12.2 Å². The number of carbonyl (C=O) groups excluding carboxylic acids is 1. The summed E-state index contributed by atoms with van der Waals surface area (Å²) in [7, 11) is 5.21. The van der Waals surface area contributed by atoms with Gasteiger partial charge in [-0.1, -0.05) is 0 Å². The SMILES string of the molecule is COc1ccc(NC(=S)N2CCN(CC(=O)N(C)C)CC2)cc1. The van der Waals surface area contributed by atoms with E-state index in [1.165, 1.54) is 0 Å². The Bertz CT molecular complexity index is 540. The van der Waals surface area contributed by atoms with E-state index >= 15 is 0 Å². The highest BCUT2D eigenvalue weighted by atomic mass is 32.1. The molecule has 6 nitrogen and oxygen atoms in total. The van der Waals surface area contributed by atoms with Crippen molar-refractivity contribution in [2.45, 2.75) is 0 Å². The summed E-state index contributed by atoms with van der Waals surface area (Å²) in [5.74, 6) is 0.957. The van der Waals surface area contributed by atoms with Crippen LogP contribution in [-0.4, -0.2) is 79.6 Å². The summed E-state index contributed by atoms with van der Waals surface area (Å²) in [4.78, 5) is 17.7. The molecule has 1 aliphatic rings. The average molecular weight is 336 g/mol. The van der Waals surface area contributed by atoms with Crippen LogP contribution in [0.15, 0.2) is 24.3 Å². The van der Waals surface area contributed by atoms with Gasteiger partial charge < -0.3 is 19.9 Å². The number of benzene rings is 1. The molecular weight excluding hydrogens is 312 g/mol. The van der Waals surface area contributed by atoms with E-state index in [-0.39, 0.29) is 5.91 Å². The molecule has 0 saturated carbocycles. The molecule has 1 heterocycles. The molecule has 7 heteroatoms. The highest BCUT2D eigenvalue weighted by molar-refractivity contribution is 7.80. The predicted octanol–water partition coefficient (Wildman–Crippen LogP) is 1.10. The van der Waals surface area contributed by atoms with Crippen LogP contribution in [0.25, 0.3) is 0 Å². The molecule has 1 fully saturated rings. The topological polar surface area (TPSA) is 48.1 Å². The van der Waals surface area contributed by atoms with Crippen LogP contribution in [0.4, 0.5) is 5.69 Å². The van der Waals surface area contributed by atoms with Crippen LogP contribution in [0.1, 0.15) is 0 Å². The second-order valence-corrected chi connectivity index (χ2v) is 6.10. The van der Waals surface area contributed by atoms with Crippen LogP contribution in [0, 0.1) is 0 Å². The van der Waals surface area contributed by atoms with Gasteiger partial charge in [0.1, 0.15) is 5.75 Å². The smallest absolute Gasteiger partial charge is 0.236 e. The van der Waals surface area contributed by atoms with Gasteiger partial charge in [-0.2, -0.15) is 0 Å². The minimum absolute atomic E-state index is 0.136. The molecule has 0 radical (unpaired) electrons. The fourth-order valence-electron chi connectivity index (χ4n) is 2.32. The first-order valence-electron chi connectivity index (χ1n) is 7.62. The van der Waals surface area contributed by atoms with Crippen molar-refractivity contribution in [1.29, 1.82) is 0 Å². The van der Waals surface area contributed by atoms with E-state index in [1.807, 2.05) is 24.3 Å². The second kappa shape index (κ2) is 8.12. The maximum absolute atomic E-state index is 11.7. The third kappa shape index (κ3) is 5.07. The summed E-state index contributed by atoms with van der Waals surface area (Å²) in [6, 6.07) is 7.68. The fraction of sp³-hybridized carbons (Fsp3) is 0.500. The minimum Gasteiger partial charge on any atom is -0.497 e. The van der Waals surface area contributed by atoms with Gasteiger partial charge in [-0.3, -0.25) is 9.69 Å². The number of hydrogen-bond acceptors (Lipinski definition) is 4. The normalized spacial score (nSPS) is 15.2. The molecule has 1 N–H and O–H groups in total. The van der Waals surface area contributed by atoms with E-state index in [0.717, 1.165) is 37.6 Å². The van der Waals surface area contributed by atoms with Crippen molar-refractivity contribution < 1.29 is 9.53 Å². The van der Waals surface area contributed by atoms with Crippen LogP contribution in [0.3, 0.4) is 0 Å². The molecule has 0 bridgehead atoms. The van der Waals surface area contributed by atoms with Crippen LogP contribution < -0.4 is 10.1 Å². The van der Waals surface area contributed by atoms with Gasteiger partial charge in [-0.15, -0.1) is 0 Å². The van der Waals surface area contributed by atoms with Crippen LogP contribution in [-0.2, 0) is 4.79 Å². The van der Waals surface area contributed by atoms with E-state index in [4.69, 9.17) is 17.0 Å². The third-order valence-electron chi connectivity index (χ3n) is 3.86. The monoisotopic (exact) mass is 336 g/mol. The maximum Gasteiger partial charge on any atom is 0.236 e. The van der Waals surface area contributed by atoms with Gasteiger partial charge in [0, 0.05) is 46.0 Å². The van der Waals surface area contributed by atoms with Crippen molar-refractivity contribution in [3.63, 3.8) is 0 Å². The molecule has 0 unspecified atom stereocenters. The number of anilines is 1. The number of methoxy groups -OCH3 is 1. The molecule has 0 atom stereocenters. The van der Waals surface area contributed by atoms with Gasteiger partial charge in [0.15, 0.2) is 5.11 Å². The van der Waals surface area contributed by atoms with E-state index in [2.05, 4.69) is 15.1 Å². The van der Waals surface area contributed by atoms with Crippen molar-refractivity contribution in [3.8, 4) is 5.75 Å². The van der Waals surface area contributed by atoms with Gasteiger partial charge >= 0.3 is 0 Å². The fourth-order valence-corrected chi connectivity index (χ4v) is 2.62. The van der Waals surface area contributed by atoms with Gasteiger partial charge in [0.05, 0.1) is 13.7 Å². The maximum atomic E-state index is 11.7. The number of thiocarbonyl (C=S) groups is 1. The van der Waals surface area contributed by atoms with Crippen LogP contribution in [0.5, 0.6) is 5.75 Å². The summed E-state index contributed by atoms with van der Waals surface area (Å²) >= 11 is 5.48. The zero-order chi connectivity index (χ0) is 16.8. The molecule has 126 valence electrons. The first kappa shape index (κ1) is 17.5. The molecule has 0 aromatic heterocycles. The Labute approximate surface area is 143 Å². The second-order valence-electron chi connectivity index (χ2n) is 5.71. The number of hydrogen-bond donors (Lipinski definition) is 1. The first-order chi connectivity index (χ1) is 11.0. The Morgan fingerprint density at radius 2 is 1.83 bits per heavy atom. The van der Waals surface area contributed by atoms with Gasteiger partial charge in [-0.05, 0) is 36.5 Å². The van der Waals surface area contributed by atoms with Gasteiger partial charge in [0.2, 0.25) is 5.91 Å². The molecular formula is C16H24N4O2S. The number of nitrogens with one attached hydrogen (secondary N) is 1. The molecule has 1 amide bonds. The highest BCUT2D eigenvalue weighted by Crippen LogP contribution is 2.16. The lowest BCUT2D eigenvalue weighted by molar-refractivity contribution is -0.130. The number of likely N-dealkylation sites (N-methyl/N-ethyl adjacent to an activating group) is 1. The summed E-state index contributed by atoms with van der Waals surface area (Å²) < 4.78 is 5.14.